The predicted molar refractivity (Wildman–Crippen MR) is 104 cm³/mol. The van der Waals surface area contributed by atoms with Gasteiger partial charge < -0.3 is 15.4 Å². The lowest BCUT2D eigenvalue weighted by Crippen LogP contribution is -2.37. The summed E-state index contributed by atoms with van der Waals surface area (Å²) in [6.07, 6.45) is -0.0714. The Bertz CT molecular complexity index is 845. The molecule has 0 aliphatic carbocycles. The summed E-state index contributed by atoms with van der Waals surface area (Å²) in [7, 11) is 0. The number of esters is 1. The molecule has 2 aromatic carbocycles. The van der Waals surface area contributed by atoms with Crippen LogP contribution >= 0.6 is 23.2 Å². The highest BCUT2D eigenvalue weighted by molar-refractivity contribution is 6.39. The third kappa shape index (κ3) is 6.07. The van der Waals surface area contributed by atoms with Gasteiger partial charge in [-0.1, -0.05) is 35.3 Å². The molecule has 0 spiro atoms. The first kappa shape index (κ1) is 21.9. The van der Waals surface area contributed by atoms with Crippen molar-refractivity contribution in [1.29, 1.82) is 0 Å². The Morgan fingerprint density at radius 2 is 1.82 bits per heavy atom. The van der Waals surface area contributed by atoms with Crippen molar-refractivity contribution in [2.45, 2.75) is 13.3 Å². The van der Waals surface area contributed by atoms with Crippen molar-refractivity contribution in [2.24, 2.45) is 5.92 Å². The maximum atomic E-state index is 13.9. The fourth-order valence-corrected chi connectivity index (χ4v) is 2.93. The minimum absolute atomic E-state index is 0.0714. The lowest BCUT2D eigenvalue weighted by molar-refractivity contribution is -0.147. The molecule has 2 N–H and O–H groups in total. The van der Waals surface area contributed by atoms with Crippen LogP contribution in [0.4, 0.5) is 19.3 Å². The maximum absolute atomic E-state index is 13.9. The Balaban J connectivity index is 2.06. The third-order valence-corrected chi connectivity index (χ3v) is 4.44. The van der Waals surface area contributed by atoms with Crippen molar-refractivity contribution in [3.8, 4) is 0 Å². The third-order valence-electron chi connectivity index (χ3n) is 3.81. The van der Waals surface area contributed by atoms with Crippen LogP contribution in [0.2, 0.25) is 10.0 Å². The highest BCUT2D eigenvalue weighted by Gasteiger charge is 2.23. The normalized spacial score (nSPS) is 11.6. The van der Waals surface area contributed by atoms with E-state index in [1.165, 1.54) is 6.07 Å². The molecule has 0 fully saturated rings. The van der Waals surface area contributed by atoms with E-state index >= 15 is 0 Å². The number of rotatable bonds is 7. The molecule has 5 nitrogen and oxygen atoms in total. The summed E-state index contributed by atoms with van der Waals surface area (Å²) < 4.78 is 32.0. The van der Waals surface area contributed by atoms with Gasteiger partial charge in [-0.3, -0.25) is 4.79 Å². The van der Waals surface area contributed by atoms with Gasteiger partial charge in [0.1, 0.15) is 11.6 Å². The summed E-state index contributed by atoms with van der Waals surface area (Å²) in [5.41, 5.74) is 0.358. The molecule has 0 bridgehead atoms. The van der Waals surface area contributed by atoms with Crippen LogP contribution in [0.15, 0.2) is 36.4 Å². The van der Waals surface area contributed by atoms with Gasteiger partial charge >= 0.3 is 12.0 Å². The van der Waals surface area contributed by atoms with E-state index in [2.05, 4.69) is 10.6 Å². The second-order valence-electron chi connectivity index (χ2n) is 5.82. The SMILES string of the molecule is CCOC(=O)C(CNC(=O)Nc1c(Cl)cccc1Cl)Cc1ccc(F)cc1F. The van der Waals surface area contributed by atoms with Crippen LogP contribution in [-0.4, -0.2) is 25.2 Å². The minimum Gasteiger partial charge on any atom is -0.466 e. The molecule has 28 heavy (non-hydrogen) atoms. The van der Waals surface area contributed by atoms with Gasteiger partial charge in [-0.15, -0.1) is 0 Å². The number of hydrogen-bond donors (Lipinski definition) is 2. The average Bonchev–Trinajstić information content (AvgIpc) is 2.63. The number of urea groups is 1. The van der Waals surface area contributed by atoms with Gasteiger partial charge in [0.05, 0.1) is 28.3 Å². The Kier molecular flexibility index (Phi) is 8.02. The summed E-state index contributed by atoms with van der Waals surface area (Å²) >= 11 is 12.0. The largest absolute Gasteiger partial charge is 0.466 e. The van der Waals surface area contributed by atoms with Crippen molar-refractivity contribution < 1.29 is 23.1 Å². The maximum Gasteiger partial charge on any atom is 0.319 e. The van der Waals surface area contributed by atoms with Crippen LogP contribution in [0.5, 0.6) is 0 Å². The molecule has 1 unspecified atom stereocenters. The van der Waals surface area contributed by atoms with Crippen molar-refractivity contribution >= 4 is 40.9 Å². The quantitative estimate of drug-likeness (QED) is 0.618. The first-order chi connectivity index (χ1) is 13.3. The highest BCUT2D eigenvalue weighted by atomic mass is 35.5. The fourth-order valence-electron chi connectivity index (χ4n) is 2.44. The lowest BCUT2D eigenvalue weighted by Gasteiger charge is -2.17. The predicted octanol–water partition coefficient (Wildman–Crippen LogP) is 4.82. The van der Waals surface area contributed by atoms with E-state index in [1.807, 2.05) is 0 Å². The number of benzene rings is 2. The van der Waals surface area contributed by atoms with Crippen molar-refractivity contribution in [3.05, 3.63) is 63.6 Å². The van der Waals surface area contributed by atoms with E-state index in [1.54, 1.807) is 25.1 Å². The van der Waals surface area contributed by atoms with E-state index in [4.69, 9.17) is 27.9 Å². The number of carbonyl (C=O) groups is 2. The van der Waals surface area contributed by atoms with Gasteiger partial charge in [0.2, 0.25) is 0 Å². The Hall–Kier alpha value is -2.38. The van der Waals surface area contributed by atoms with E-state index in [0.29, 0.717) is 0 Å². The van der Waals surface area contributed by atoms with Crippen LogP contribution in [0.3, 0.4) is 0 Å². The van der Waals surface area contributed by atoms with Crippen LogP contribution in [0.25, 0.3) is 0 Å². The number of ether oxygens (including phenoxy) is 1. The molecule has 0 heterocycles. The van der Waals surface area contributed by atoms with Gasteiger partial charge in [0, 0.05) is 12.6 Å². The summed E-state index contributed by atoms with van der Waals surface area (Å²) in [5, 5.41) is 5.51. The zero-order valence-corrected chi connectivity index (χ0v) is 16.4. The average molecular weight is 431 g/mol. The number of hydrogen-bond acceptors (Lipinski definition) is 3. The Labute approximate surface area is 171 Å². The first-order valence-corrected chi connectivity index (χ1v) is 9.16. The smallest absolute Gasteiger partial charge is 0.319 e. The van der Waals surface area contributed by atoms with Crippen LogP contribution < -0.4 is 10.6 Å². The molecule has 150 valence electrons. The number of carbonyl (C=O) groups excluding carboxylic acids is 2. The van der Waals surface area contributed by atoms with Gasteiger partial charge in [-0.25, -0.2) is 13.6 Å². The molecular formula is C19H18Cl2F2N2O3. The number of halogens is 4. The van der Waals surface area contributed by atoms with Gasteiger partial charge in [0.25, 0.3) is 0 Å². The van der Waals surface area contributed by atoms with Crippen LogP contribution in [-0.2, 0) is 16.0 Å². The molecule has 0 aliphatic rings. The molecule has 9 heteroatoms. The number of para-hydroxylation sites is 1. The zero-order chi connectivity index (χ0) is 20.7. The minimum atomic E-state index is -0.868. The van der Waals surface area contributed by atoms with Crippen LogP contribution in [0, 0.1) is 17.6 Å². The highest BCUT2D eigenvalue weighted by Crippen LogP contribution is 2.29. The molecular weight excluding hydrogens is 413 g/mol. The topological polar surface area (TPSA) is 67.4 Å². The molecule has 2 amide bonds. The lowest BCUT2D eigenvalue weighted by atomic mass is 9.98. The molecule has 0 radical (unpaired) electrons. The summed E-state index contributed by atoms with van der Waals surface area (Å²) in [5.74, 6) is -2.97. The monoisotopic (exact) mass is 430 g/mol. The second-order valence-corrected chi connectivity index (χ2v) is 6.63. The second kappa shape index (κ2) is 10.2. The molecule has 0 aliphatic heterocycles. The first-order valence-electron chi connectivity index (χ1n) is 8.41. The van der Waals surface area contributed by atoms with E-state index in [0.717, 1.165) is 12.1 Å². The Morgan fingerprint density at radius 3 is 2.43 bits per heavy atom. The molecule has 0 saturated carbocycles. The van der Waals surface area contributed by atoms with E-state index in [9.17, 15) is 18.4 Å². The number of amides is 2. The molecule has 1 atom stereocenters. The van der Waals surface area contributed by atoms with E-state index in [-0.39, 0.29) is 40.9 Å². The summed E-state index contributed by atoms with van der Waals surface area (Å²) in [4.78, 5) is 24.3. The van der Waals surface area contributed by atoms with Crippen molar-refractivity contribution in [3.63, 3.8) is 0 Å². The standard InChI is InChI=1S/C19H18Cl2F2N2O3/c1-2-28-18(26)12(8-11-6-7-13(22)9-16(11)23)10-24-19(27)25-17-14(20)4-3-5-15(17)21/h3-7,9,12H,2,8,10H2,1H3,(H2,24,25,27). The van der Waals surface area contributed by atoms with Crippen LogP contribution in [0.1, 0.15) is 12.5 Å². The Morgan fingerprint density at radius 1 is 1.14 bits per heavy atom. The molecule has 0 aromatic heterocycles. The summed E-state index contributed by atoms with van der Waals surface area (Å²) in [6.45, 7) is 1.62. The molecule has 2 rings (SSSR count). The van der Waals surface area contributed by atoms with Crippen molar-refractivity contribution in [1.82, 2.24) is 5.32 Å². The fraction of sp³-hybridized carbons (Fsp3) is 0.263. The molecule has 2 aromatic rings. The number of nitrogens with one attached hydrogen (secondary N) is 2. The van der Waals surface area contributed by atoms with Gasteiger partial charge in [-0.2, -0.15) is 0 Å². The zero-order valence-electron chi connectivity index (χ0n) is 14.9. The van der Waals surface area contributed by atoms with Crippen molar-refractivity contribution in [2.75, 3.05) is 18.5 Å². The van der Waals surface area contributed by atoms with Gasteiger partial charge in [0.15, 0.2) is 0 Å². The molecule has 0 saturated heterocycles. The van der Waals surface area contributed by atoms with Gasteiger partial charge in [-0.05, 0) is 37.1 Å². The summed E-state index contributed by atoms with van der Waals surface area (Å²) in [6, 6.07) is 7.17. The number of anilines is 1. The van der Waals surface area contributed by atoms with E-state index < -0.39 is 29.6 Å².